The zero-order valence-corrected chi connectivity index (χ0v) is 18.1. The molecule has 31 heavy (non-hydrogen) atoms. The molecule has 5 heterocycles. The average molecular weight is 421 g/mol. The molecule has 1 saturated heterocycles. The average Bonchev–Trinajstić information content (AvgIpc) is 3.28. The molecule has 1 atom stereocenters. The van der Waals surface area contributed by atoms with Gasteiger partial charge in [-0.15, -0.1) is 0 Å². The van der Waals surface area contributed by atoms with Crippen molar-refractivity contribution in [3.05, 3.63) is 47.8 Å². The van der Waals surface area contributed by atoms with E-state index in [1.807, 2.05) is 47.0 Å². The van der Waals surface area contributed by atoms with Crippen molar-refractivity contribution in [3.8, 4) is 11.3 Å². The Morgan fingerprint density at radius 1 is 1.16 bits per heavy atom. The molecule has 0 aromatic carbocycles. The molecule has 1 fully saturated rings. The number of nitrogens with one attached hydrogen (secondary N) is 1. The van der Waals surface area contributed by atoms with Crippen LogP contribution in [0.2, 0.25) is 0 Å². The summed E-state index contributed by atoms with van der Waals surface area (Å²) in [6, 6.07) is 3.30. The first-order chi connectivity index (χ1) is 14.6. The van der Waals surface area contributed by atoms with Crippen LogP contribution in [-0.4, -0.2) is 53.9 Å². The van der Waals surface area contributed by atoms with Gasteiger partial charge in [-0.1, -0.05) is 0 Å². The maximum atomic E-state index is 14.9. The number of amides is 1. The van der Waals surface area contributed by atoms with E-state index >= 15 is 0 Å². The molecule has 4 aromatic heterocycles. The van der Waals surface area contributed by atoms with Gasteiger partial charge in [0, 0.05) is 23.8 Å². The number of hydrogen-bond acceptors (Lipinski definition) is 5. The Morgan fingerprint density at radius 2 is 1.94 bits per heavy atom. The third kappa shape index (κ3) is 3.07. The standard InChI is InChI=1S/C22H24FN7O/c1-12-6-17(27-30-8-13(2)24-19(12)30)14-7-16(23)20-25-18(11-29(20)9-14)26-21(31)15-10-28(5)22(15,3)4/h6-9,11,15H,10H2,1-5H3,(H,26,31). The fraction of sp³-hybridized carbons (Fsp3) is 0.364. The molecule has 0 radical (unpaired) electrons. The number of nitrogens with zero attached hydrogens (tertiary/aromatic N) is 6. The van der Waals surface area contributed by atoms with Crippen LogP contribution >= 0.6 is 0 Å². The second-order valence-electron chi connectivity index (χ2n) is 8.87. The number of imidazole rings is 2. The van der Waals surface area contributed by atoms with E-state index in [1.165, 1.54) is 6.07 Å². The molecule has 1 aliphatic rings. The number of aryl methyl sites for hydroxylation is 2. The van der Waals surface area contributed by atoms with Gasteiger partial charge in [-0.05, 0) is 52.4 Å². The predicted octanol–water partition coefficient (Wildman–Crippen LogP) is 3.08. The van der Waals surface area contributed by atoms with E-state index in [0.29, 0.717) is 23.6 Å². The van der Waals surface area contributed by atoms with E-state index in [1.54, 1.807) is 21.3 Å². The Labute approximate surface area is 178 Å². The highest BCUT2D eigenvalue weighted by molar-refractivity contribution is 5.93. The summed E-state index contributed by atoms with van der Waals surface area (Å²) in [6.07, 6.45) is 5.23. The summed E-state index contributed by atoms with van der Waals surface area (Å²) in [5, 5.41) is 7.41. The zero-order chi connectivity index (χ0) is 22.1. The lowest BCUT2D eigenvalue weighted by Gasteiger charge is -2.52. The van der Waals surface area contributed by atoms with Gasteiger partial charge in [-0.25, -0.2) is 18.9 Å². The monoisotopic (exact) mass is 421 g/mol. The normalized spacial score (nSPS) is 18.5. The van der Waals surface area contributed by atoms with Crippen LogP contribution in [0.15, 0.2) is 30.7 Å². The number of aromatic nitrogens is 5. The van der Waals surface area contributed by atoms with Gasteiger partial charge < -0.3 is 9.72 Å². The number of hydrogen-bond donors (Lipinski definition) is 1. The minimum Gasteiger partial charge on any atom is -0.309 e. The van der Waals surface area contributed by atoms with E-state index < -0.39 is 5.82 Å². The SMILES string of the molecule is Cc1cn2nc(-c3cc(F)c4nc(NC(=O)C5CN(C)C5(C)C)cn4c3)cc(C)c2n1. The van der Waals surface area contributed by atoms with Crippen LogP contribution in [0.5, 0.6) is 0 Å². The largest absolute Gasteiger partial charge is 0.309 e. The van der Waals surface area contributed by atoms with Crippen LogP contribution in [-0.2, 0) is 4.79 Å². The highest BCUT2D eigenvalue weighted by atomic mass is 19.1. The molecule has 0 bridgehead atoms. The Balaban J connectivity index is 1.48. The van der Waals surface area contributed by atoms with Crippen molar-refractivity contribution in [2.45, 2.75) is 33.2 Å². The molecule has 4 aromatic rings. The van der Waals surface area contributed by atoms with Crippen molar-refractivity contribution < 1.29 is 9.18 Å². The van der Waals surface area contributed by atoms with Crippen LogP contribution in [0.3, 0.4) is 0 Å². The van der Waals surface area contributed by atoms with Crippen molar-refractivity contribution in [2.75, 3.05) is 18.9 Å². The highest BCUT2D eigenvalue weighted by Gasteiger charge is 2.48. The molecular formula is C22H24FN7O. The number of halogens is 1. The van der Waals surface area contributed by atoms with Gasteiger partial charge >= 0.3 is 0 Å². The number of carbonyl (C=O) groups excluding carboxylic acids is 1. The predicted molar refractivity (Wildman–Crippen MR) is 115 cm³/mol. The zero-order valence-electron chi connectivity index (χ0n) is 18.1. The van der Waals surface area contributed by atoms with Gasteiger partial charge in [-0.3, -0.25) is 9.69 Å². The summed E-state index contributed by atoms with van der Waals surface area (Å²) in [4.78, 5) is 23.5. The van der Waals surface area contributed by atoms with Crippen LogP contribution < -0.4 is 5.32 Å². The maximum absolute atomic E-state index is 14.9. The smallest absolute Gasteiger partial charge is 0.231 e. The van der Waals surface area contributed by atoms with Crippen molar-refractivity contribution in [2.24, 2.45) is 5.92 Å². The lowest BCUT2D eigenvalue weighted by Crippen LogP contribution is -2.65. The number of carbonyl (C=O) groups is 1. The Morgan fingerprint density at radius 3 is 2.65 bits per heavy atom. The van der Waals surface area contributed by atoms with Crippen molar-refractivity contribution >= 4 is 23.0 Å². The molecule has 1 aliphatic heterocycles. The maximum Gasteiger partial charge on any atom is 0.231 e. The Hall–Kier alpha value is -3.33. The minimum absolute atomic E-state index is 0.106. The molecule has 8 nitrogen and oxygen atoms in total. The Bertz CT molecular complexity index is 1350. The highest BCUT2D eigenvalue weighted by Crippen LogP contribution is 2.35. The van der Waals surface area contributed by atoms with Crippen LogP contribution in [0.25, 0.3) is 22.6 Å². The van der Waals surface area contributed by atoms with Crippen molar-refractivity contribution in [3.63, 3.8) is 0 Å². The van der Waals surface area contributed by atoms with Crippen LogP contribution in [0.4, 0.5) is 10.2 Å². The number of likely N-dealkylation sites (tertiary alicyclic amines) is 1. The van der Waals surface area contributed by atoms with Gasteiger partial charge in [0.1, 0.15) is 0 Å². The third-order valence-corrected chi connectivity index (χ3v) is 6.39. The molecule has 9 heteroatoms. The molecule has 1 N–H and O–H groups in total. The fourth-order valence-electron chi connectivity index (χ4n) is 4.15. The summed E-state index contributed by atoms with van der Waals surface area (Å²) < 4.78 is 18.2. The number of pyridine rings is 1. The van der Waals surface area contributed by atoms with Crippen molar-refractivity contribution in [1.29, 1.82) is 0 Å². The molecule has 0 spiro atoms. The topological polar surface area (TPSA) is 79.8 Å². The fourth-order valence-corrected chi connectivity index (χ4v) is 4.15. The molecule has 160 valence electrons. The molecule has 1 amide bonds. The van der Waals surface area contributed by atoms with E-state index in [2.05, 4.69) is 25.3 Å². The lowest BCUT2D eigenvalue weighted by atomic mass is 9.77. The van der Waals surface area contributed by atoms with Gasteiger partial charge in [0.05, 0.1) is 29.7 Å². The summed E-state index contributed by atoms with van der Waals surface area (Å²) in [5.74, 6) is -0.398. The van der Waals surface area contributed by atoms with E-state index in [9.17, 15) is 9.18 Å². The van der Waals surface area contributed by atoms with E-state index in [-0.39, 0.29) is 23.0 Å². The van der Waals surface area contributed by atoms with E-state index in [4.69, 9.17) is 0 Å². The molecular weight excluding hydrogens is 397 g/mol. The van der Waals surface area contributed by atoms with Gasteiger partial charge in [0.25, 0.3) is 0 Å². The molecule has 0 saturated carbocycles. The third-order valence-electron chi connectivity index (χ3n) is 6.39. The van der Waals surface area contributed by atoms with Gasteiger partial charge in [-0.2, -0.15) is 5.10 Å². The second kappa shape index (κ2) is 6.58. The van der Waals surface area contributed by atoms with Crippen LogP contribution in [0, 0.1) is 25.6 Å². The van der Waals surface area contributed by atoms with Crippen LogP contribution in [0.1, 0.15) is 25.1 Å². The van der Waals surface area contributed by atoms with Crippen molar-refractivity contribution in [1.82, 2.24) is 28.9 Å². The number of anilines is 1. The molecule has 1 unspecified atom stereocenters. The van der Waals surface area contributed by atoms with E-state index in [0.717, 1.165) is 16.9 Å². The molecule has 0 aliphatic carbocycles. The quantitative estimate of drug-likeness (QED) is 0.550. The van der Waals surface area contributed by atoms with Gasteiger partial charge in [0.2, 0.25) is 5.91 Å². The second-order valence-corrected chi connectivity index (χ2v) is 8.87. The lowest BCUT2D eigenvalue weighted by molar-refractivity contribution is -0.135. The Kier molecular flexibility index (Phi) is 4.17. The first-order valence-electron chi connectivity index (χ1n) is 10.2. The number of rotatable bonds is 3. The summed E-state index contributed by atoms with van der Waals surface area (Å²) >= 11 is 0. The summed E-state index contributed by atoms with van der Waals surface area (Å²) in [6.45, 7) is 8.61. The van der Waals surface area contributed by atoms with Gasteiger partial charge in [0.15, 0.2) is 22.9 Å². The first kappa shape index (κ1) is 19.6. The minimum atomic E-state index is -0.483. The molecule has 5 rings (SSSR count). The number of fused-ring (bicyclic) bond motifs is 2. The first-order valence-corrected chi connectivity index (χ1v) is 10.2. The summed E-state index contributed by atoms with van der Waals surface area (Å²) in [5.41, 5.74) is 3.77. The summed E-state index contributed by atoms with van der Waals surface area (Å²) in [7, 11) is 1.99.